The molecule has 0 unspecified atom stereocenters. The largest absolute Gasteiger partial charge is 0.394 e. The van der Waals surface area contributed by atoms with E-state index in [1.54, 1.807) is 24.4 Å². The van der Waals surface area contributed by atoms with Crippen LogP contribution < -0.4 is 10.6 Å². The Labute approximate surface area is 172 Å². The molecule has 0 amide bonds. The van der Waals surface area contributed by atoms with Gasteiger partial charge in [-0.25, -0.2) is 4.98 Å². The molecule has 3 aromatic rings. The standard InChI is InChI=1S/C20H21FN6O3/c1-12(2)17(11-28)25-20-24-16(15-5-3-4-8-22-15)10-19(26-20)23-13-6-7-14(21)18(9-13)27(29)30/h3-10,12,17,28H,11H2,1-2H3,(H2,23,24,25,26)/t17-/m0/s1. The molecule has 9 nitrogen and oxygen atoms in total. The van der Waals surface area contributed by atoms with Crippen molar-refractivity contribution in [1.29, 1.82) is 0 Å². The molecule has 0 saturated heterocycles. The summed E-state index contributed by atoms with van der Waals surface area (Å²) in [4.78, 5) is 23.4. The highest BCUT2D eigenvalue weighted by molar-refractivity contribution is 5.66. The van der Waals surface area contributed by atoms with Crippen LogP contribution in [-0.4, -0.2) is 37.6 Å². The quantitative estimate of drug-likeness (QED) is 0.377. The highest BCUT2D eigenvalue weighted by Crippen LogP contribution is 2.26. The number of aromatic nitrogens is 3. The van der Waals surface area contributed by atoms with Gasteiger partial charge in [0.2, 0.25) is 11.8 Å². The molecule has 1 atom stereocenters. The highest BCUT2D eigenvalue weighted by atomic mass is 19.1. The molecule has 0 bridgehead atoms. The molecule has 0 aliphatic heterocycles. The van der Waals surface area contributed by atoms with Crippen LogP contribution in [0.4, 0.5) is 27.5 Å². The number of aliphatic hydroxyl groups is 1. The van der Waals surface area contributed by atoms with Crippen LogP contribution in [0.25, 0.3) is 11.4 Å². The molecule has 10 heteroatoms. The van der Waals surface area contributed by atoms with E-state index in [2.05, 4.69) is 25.6 Å². The van der Waals surface area contributed by atoms with Gasteiger partial charge in [-0.15, -0.1) is 0 Å². The van der Waals surface area contributed by atoms with Crippen molar-refractivity contribution in [3.63, 3.8) is 0 Å². The Kier molecular flexibility index (Phi) is 6.48. The number of rotatable bonds is 8. The maximum atomic E-state index is 13.6. The monoisotopic (exact) mass is 412 g/mol. The van der Waals surface area contributed by atoms with Crippen LogP contribution in [0.1, 0.15) is 13.8 Å². The molecule has 0 aliphatic carbocycles. The van der Waals surface area contributed by atoms with E-state index in [0.717, 1.165) is 12.1 Å². The highest BCUT2D eigenvalue weighted by Gasteiger charge is 2.17. The molecule has 0 aliphatic rings. The lowest BCUT2D eigenvalue weighted by Gasteiger charge is -2.20. The van der Waals surface area contributed by atoms with E-state index in [1.807, 2.05) is 19.9 Å². The minimum atomic E-state index is -0.924. The van der Waals surface area contributed by atoms with Crippen LogP contribution in [0, 0.1) is 21.8 Å². The van der Waals surface area contributed by atoms with Crippen LogP contribution in [0.2, 0.25) is 0 Å². The summed E-state index contributed by atoms with van der Waals surface area (Å²) < 4.78 is 13.6. The molecule has 3 rings (SSSR count). The van der Waals surface area contributed by atoms with E-state index < -0.39 is 16.4 Å². The Bertz CT molecular complexity index is 1030. The molecule has 0 spiro atoms. The maximum absolute atomic E-state index is 13.6. The fourth-order valence-electron chi connectivity index (χ4n) is 2.69. The molecule has 30 heavy (non-hydrogen) atoms. The zero-order chi connectivity index (χ0) is 21.7. The third-order valence-electron chi connectivity index (χ3n) is 4.38. The second-order valence-electron chi connectivity index (χ2n) is 6.90. The third-order valence-corrected chi connectivity index (χ3v) is 4.38. The van der Waals surface area contributed by atoms with Gasteiger partial charge in [-0.05, 0) is 30.2 Å². The van der Waals surface area contributed by atoms with Crippen molar-refractivity contribution in [3.8, 4) is 11.4 Å². The van der Waals surface area contributed by atoms with E-state index in [0.29, 0.717) is 22.9 Å². The first-order valence-electron chi connectivity index (χ1n) is 9.26. The lowest BCUT2D eigenvalue weighted by atomic mass is 10.1. The van der Waals surface area contributed by atoms with Gasteiger partial charge in [-0.2, -0.15) is 9.37 Å². The third kappa shape index (κ3) is 5.03. The van der Waals surface area contributed by atoms with Gasteiger partial charge in [0.25, 0.3) is 0 Å². The van der Waals surface area contributed by atoms with Crippen molar-refractivity contribution in [1.82, 2.24) is 15.0 Å². The number of nitrogens with zero attached hydrogens (tertiary/aromatic N) is 4. The Morgan fingerprint density at radius 1 is 1.17 bits per heavy atom. The summed E-state index contributed by atoms with van der Waals surface area (Å²) in [5, 5.41) is 26.7. The number of pyridine rings is 1. The van der Waals surface area contributed by atoms with Crippen LogP contribution in [0.3, 0.4) is 0 Å². The smallest absolute Gasteiger partial charge is 0.306 e. The van der Waals surface area contributed by atoms with Gasteiger partial charge in [0.15, 0.2) is 0 Å². The number of hydrogen-bond acceptors (Lipinski definition) is 8. The summed E-state index contributed by atoms with van der Waals surface area (Å²) >= 11 is 0. The first kappa shape index (κ1) is 21.1. The van der Waals surface area contributed by atoms with Gasteiger partial charge in [-0.3, -0.25) is 15.1 Å². The Hall–Kier alpha value is -3.66. The van der Waals surface area contributed by atoms with Gasteiger partial charge >= 0.3 is 5.69 Å². The molecule has 0 saturated carbocycles. The summed E-state index contributed by atoms with van der Waals surface area (Å²) in [5.41, 5.74) is 0.758. The van der Waals surface area contributed by atoms with Crippen molar-refractivity contribution in [2.24, 2.45) is 5.92 Å². The second kappa shape index (κ2) is 9.23. The number of benzene rings is 1. The van der Waals surface area contributed by atoms with Gasteiger partial charge in [0, 0.05) is 24.0 Å². The summed E-state index contributed by atoms with van der Waals surface area (Å²) in [7, 11) is 0. The summed E-state index contributed by atoms with van der Waals surface area (Å²) in [6, 6.07) is 10.2. The number of anilines is 3. The van der Waals surface area contributed by atoms with E-state index in [1.165, 1.54) is 6.07 Å². The van der Waals surface area contributed by atoms with E-state index in [4.69, 9.17) is 0 Å². The molecule has 3 N–H and O–H groups in total. The first-order chi connectivity index (χ1) is 14.4. The van der Waals surface area contributed by atoms with E-state index in [-0.39, 0.29) is 24.5 Å². The van der Waals surface area contributed by atoms with Crippen LogP contribution >= 0.6 is 0 Å². The van der Waals surface area contributed by atoms with Gasteiger partial charge in [-0.1, -0.05) is 19.9 Å². The average Bonchev–Trinajstić information content (AvgIpc) is 2.73. The summed E-state index contributed by atoms with van der Waals surface area (Å²) in [5.74, 6) is -0.222. The molecule has 0 radical (unpaired) electrons. The van der Waals surface area contributed by atoms with Crippen molar-refractivity contribution < 1.29 is 14.4 Å². The minimum Gasteiger partial charge on any atom is -0.394 e. The first-order valence-corrected chi connectivity index (χ1v) is 9.26. The van der Waals surface area contributed by atoms with Crippen LogP contribution in [0.5, 0.6) is 0 Å². The fraction of sp³-hybridized carbons (Fsp3) is 0.250. The SMILES string of the molecule is CC(C)[C@H](CO)Nc1nc(Nc2ccc(F)c([N+](=O)[O-])c2)cc(-c2ccccn2)n1. The Balaban J connectivity index is 1.99. The summed E-state index contributed by atoms with van der Waals surface area (Å²) in [6.07, 6.45) is 1.63. The van der Waals surface area contributed by atoms with Crippen molar-refractivity contribution in [3.05, 3.63) is 64.6 Å². The lowest BCUT2D eigenvalue weighted by Crippen LogP contribution is -2.30. The van der Waals surface area contributed by atoms with E-state index >= 15 is 0 Å². The number of nitrogens with one attached hydrogen (secondary N) is 2. The van der Waals surface area contributed by atoms with Crippen LogP contribution in [-0.2, 0) is 0 Å². The van der Waals surface area contributed by atoms with Crippen molar-refractivity contribution >= 4 is 23.1 Å². The topological polar surface area (TPSA) is 126 Å². The Morgan fingerprint density at radius 2 is 1.97 bits per heavy atom. The van der Waals surface area contributed by atoms with Crippen LogP contribution in [0.15, 0.2) is 48.7 Å². The molecule has 2 heterocycles. The lowest BCUT2D eigenvalue weighted by molar-refractivity contribution is -0.387. The zero-order valence-electron chi connectivity index (χ0n) is 16.4. The number of nitro groups is 1. The molecular weight excluding hydrogens is 391 g/mol. The average molecular weight is 412 g/mol. The Morgan fingerprint density at radius 3 is 2.60 bits per heavy atom. The van der Waals surface area contributed by atoms with Gasteiger partial charge in [0.1, 0.15) is 5.82 Å². The fourth-order valence-corrected chi connectivity index (χ4v) is 2.69. The molecule has 1 aromatic carbocycles. The predicted octanol–water partition coefficient (Wildman–Crippen LogP) is 3.76. The van der Waals surface area contributed by atoms with Crippen molar-refractivity contribution in [2.75, 3.05) is 17.2 Å². The predicted molar refractivity (Wildman–Crippen MR) is 111 cm³/mol. The van der Waals surface area contributed by atoms with Crippen molar-refractivity contribution in [2.45, 2.75) is 19.9 Å². The van der Waals surface area contributed by atoms with E-state index in [9.17, 15) is 19.6 Å². The number of halogens is 1. The summed E-state index contributed by atoms with van der Waals surface area (Å²) in [6.45, 7) is 3.79. The molecule has 156 valence electrons. The normalized spacial score (nSPS) is 11.9. The second-order valence-corrected chi connectivity index (χ2v) is 6.90. The minimum absolute atomic E-state index is 0.109. The number of nitro benzene ring substituents is 1. The van der Waals surface area contributed by atoms with Gasteiger partial charge < -0.3 is 15.7 Å². The maximum Gasteiger partial charge on any atom is 0.306 e. The number of hydrogen-bond donors (Lipinski definition) is 3. The zero-order valence-corrected chi connectivity index (χ0v) is 16.4. The molecule has 2 aromatic heterocycles. The molecular formula is C20H21FN6O3. The van der Waals surface area contributed by atoms with Gasteiger partial charge in [0.05, 0.1) is 29.0 Å². The molecule has 0 fully saturated rings. The number of aliphatic hydroxyl groups excluding tert-OH is 1.